The summed E-state index contributed by atoms with van der Waals surface area (Å²) in [7, 11) is 1.47. The van der Waals surface area contributed by atoms with Crippen molar-refractivity contribution in [2.75, 3.05) is 7.11 Å². The largest absolute Gasteiger partial charge is 0.364 e. The van der Waals surface area contributed by atoms with Gasteiger partial charge in [0.05, 0.1) is 0 Å². The van der Waals surface area contributed by atoms with Gasteiger partial charge >= 0.3 is 0 Å². The molecule has 0 aliphatic rings. The fourth-order valence-electron chi connectivity index (χ4n) is 0.763. The Balaban J connectivity index is 2.81. The third kappa shape index (κ3) is 2.43. The highest BCUT2D eigenvalue weighted by Crippen LogP contribution is 2.14. The molecule has 0 heterocycles. The van der Waals surface area contributed by atoms with Crippen LogP contribution in [0.4, 0.5) is 0 Å². The summed E-state index contributed by atoms with van der Waals surface area (Å²) < 4.78 is 5.88. The Bertz CT molecular complexity index is 220. The lowest BCUT2D eigenvalue weighted by molar-refractivity contribution is -0.0769. The maximum absolute atomic E-state index is 9.20. The van der Waals surface area contributed by atoms with Crippen LogP contribution in [0.15, 0.2) is 24.3 Å². The number of hydrogen-bond donors (Lipinski definition) is 1. The summed E-state index contributed by atoms with van der Waals surface area (Å²) in [6.07, 6.45) is -0.799. The monoisotopic (exact) mass is 264 g/mol. The lowest BCUT2D eigenvalue weighted by atomic mass is 10.2. The SMILES string of the molecule is COC(O)c1ccc(I)cc1. The maximum Gasteiger partial charge on any atom is 0.180 e. The molecule has 0 aliphatic carbocycles. The molecule has 0 fully saturated rings. The molecule has 3 heteroatoms. The van der Waals surface area contributed by atoms with Crippen molar-refractivity contribution in [1.82, 2.24) is 0 Å². The third-order valence-electron chi connectivity index (χ3n) is 1.38. The van der Waals surface area contributed by atoms with E-state index in [0.29, 0.717) is 0 Å². The van der Waals surface area contributed by atoms with Gasteiger partial charge < -0.3 is 9.84 Å². The molecule has 0 amide bonds. The zero-order valence-electron chi connectivity index (χ0n) is 6.12. The van der Waals surface area contributed by atoms with Crippen LogP contribution in [0.2, 0.25) is 0 Å². The van der Waals surface area contributed by atoms with Crippen molar-refractivity contribution >= 4 is 22.6 Å². The Morgan fingerprint density at radius 3 is 2.36 bits per heavy atom. The van der Waals surface area contributed by atoms with Gasteiger partial charge in [-0.1, -0.05) is 12.1 Å². The fraction of sp³-hybridized carbons (Fsp3) is 0.250. The third-order valence-corrected chi connectivity index (χ3v) is 2.10. The average Bonchev–Trinajstić information content (AvgIpc) is 2.05. The van der Waals surface area contributed by atoms with E-state index in [2.05, 4.69) is 22.6 Å². The molecule has 1 unspecified atom stereocenters. The quantitative estimate of drug-likeness (QED) is 0.653. The van der Waals surface area contributed by atoms with E-state index in [1.165, 1.54) is 7.11 Å². The normalized spacial score (nSPS) is 13.0. The summed E-state index contributed by atoms with van der Waals surface area (Å²) in [6.45, 7) is 0. The van der Waals surface area contributed by atoms with Crippen molar-refractivity contribution < 1.29 is 9.84 Å². The zero-order valence-corrected chi connectivity index (χ0v) is 8.28. The molecule has 0 spiro atoms. The molecule has 0 radical (unpaired) electrons. The molecule has 2 nitrogen and oxygen atoms in total. The lowest BCUT2D eigenvalue weighted by Gasteiger charge is -2.07. The smallest absolute Gasteiger partial charge is 0.180 e. The maximum atomic E-state index is 9.20. The Morgan fingerprint density at radius 1 is 1.36 bits per heavy atom. The minimum absolute atomic E-state index is 0.785. The van der Waals surface area contributed by atoms with Gasteiger partial charge in [-0.3, -0.25) is 0 Å². The Labute approximate surface area is 79.3 Å². The molecule has 60 valence electrons. The van der Waals surface area contributed by atoms with E-state index in [9.17, 15) is 5.11 Å². The standard InChI is InChI=1S/C8H9IO2/c1-11-8(10)6-2-4-7(9)5-3-6/h2-5,8,10H,1H3. The highest BCUT2D eigenvalue weighted by atomic mass is 127. The predicted octanol–water partition coefficient (Wildman–Crippen LogP) is 1.93. The summed E-state index contributed by atoms with van der Waals surface area (Å²) in [4.78, 5) is 0. The van der Waals surface area contributed by atoms with E-state index >= 15 is 0 Å². The summed E-state index contributed by atoms with van der Waals surface area (Å²) >= 11 is 2.21. The van der Waals surface area contributed by atoms with E-state index in [1.807, 2.05) is 24.3 Å². The van der Waals surface area contributed by atoms with Gasteiger partial charge in [-0.25, -0.2) is 0 Å². The molecule has 0 saturated carbocycles. The van der Waals surface area contributed by atoms with Crippen LogP contribution in [-0.2, 0) is 4.74 Å². The summed E-state index contributed by atoms with van der Waals surface area (Å²) in [6, 6.07) is 7.54. The number of aliphatic hydroxyl groups excluding tert-OH is 1. The van der Waals surface area contributed by atoms with Crippen LogP contribution in [0.3, 0.4) is 0 Å². The van der Waals surface area contributed by atoms with Crippen LogP contribution in [0.5, 0.6) is 0 Å². The molecule has 1 aromatic carbocycles. The van der Waals surface area contributed by atoms with Crippen LogP contribution in [-0.4, -0.2) is 12.2 Å². The molecule has 1 atom stereocenters. The van der Waals surface area contributed by atoms with Crippen LogP contribution in [0, 0.1) is 3.57 Å². The zero-order chi connectivity index (χ0) is 8.27. The number of ether oxygens (including phenoxy) is 1. The first kappa shape index (κ1) is 8.96. The molecule has 0 aromatic heterocycles. The Hall–Kier alpha value is -0.130. The second kappa shape index (κ2) is 4.04. The second-order valence-electron chi connectivity index (χ2n) is 2.14. The van der Waals surface area contributed by atoms with E-state index in [4.69, 9.17) is 4.74 Å². The van der Waals surface area contributed by atoms with Gasteiger partial charge in [0.15, 0.2) is 6.29 Å². The van der Waals surface area contributed by atoms with Gasteiger partial charge in [0.1, 0.15) is 0 Å². The fourth-order valence-corrected chi connectivity index (χ4v) is 1.12. The van der Waals surface area contributed by atoms with E-state index in [1.54, 1.807) is 0 Å². The second-order valence-corrected chi connectivity index (χ2v) is 3.39. The van der Waals surface area contributed by atoms with Crippen molar-refractivity contribution in [2.45, 2.75) is 6.29 Å². The van der Waals surface area contributed by atoms with Gasteiger partial charge in [-0.15, -0.1) is 0 Å². The van der Waals surface area contributed by atoms with Gasteiger partial charge in [0.25, 0.3) is 0 Å². The molecule has 1 rings (SSSR count). The molecule has 0 bridgehead atoms. The van der Waals surface area contributed by atoms with Crippen LogP contribution in [0.25, 0.3) is 0 Å². The van der Waals surface area contributed by atoms with Crippen molar-refractivity contribution in [3.05, 3.63) is 33.4 Å². The molecule has 0 saturated heterocycles. The molecule has 1 N–H and O–H groups in total. The molecular weight excluding hydrogens is 255 g/mol. The predicted molar refractivity (Wildman–Crippen MR) is 51.1 cm³/mol. The van der Waals surface area contributed by atoms with E-state index in [0.717, 1.165) is 9.13 Å². The van der Waals surface area contributed by atoms with Gasteiger partial charge in [-0.05, 0) is 34.7 Å². The van der Waals surface area contributed by atoms with E-state index < -0.39 is 6.29 Å². The summed E-state index contributed by atoms with van der Waals surface area (Å²) in [5, 5.41) is 9.20. The van der Waals surface area contributed by atoms with Gasteiger partial charge in [-0.2, -0.15) is 0 Å². The number of hydrogen-bond acceptors (Lipinski definition) is 2. The summed E-state index contributed by atoms with van der Waals surface area (Å²) in [5.74, 6) is 0. The Morgan fingerprint density at radius 2 is 1.91 bits per heavy atom. The molecule has 11 heavy (non-hydrogen) atoms. The minimum Gasteiger partial charge on any atom is -0.364 e. The average molecular weight is 264 g/mol. The number of benzene rings is 1. The van der Waals surface area contributed by atoms with Crippen molar-refractivity contribution in [1.29, 1.82) is 0 Å². The van der Waals surface area contributed by atoms with E-state index in [-0.39, 0.29) is 0 Å². The molecule has 0 aliphatic heterocycles. The van der Waals surface area contributed by atoms with Crippen molar-refractivity contribution in [3.63, 3.8) is 0 Å². The first-order valence-electron chi connectivity index (χ1n) is 3.20. The number of halogens is 1. The number of rotatable bonds is 2. The first-order valence-corrected chi connectivity index (χ1v) is 4.28. The van der Waals surface area contributed by atoms with Crippen LogP contribution >= 0.6 is 22.6 Å². The highest BCUT2D eigenvalue weighted by molar-refractivity contribution is 14.1. The topological polar surface area (TPSA) is 29.5 Å². The number of methoxy groups -OCH3 is 1. The lowest BCUT2D eigenvalue weighted by Crippen LogP contribution is -1.98. The van der Waals surface area contributed by atoms with Gasteiger partial charge in [0.2, 0.25) is 0 Å². The van der Waals surface area contributed by atoms with Crippen LogP contribution < -0.4 is 0 Å². The first-order chi connectivity index (χ1) is 5.24. The van der Waals surface area contributed by atoms with Gasteiger partial charge in [0, 0.05) is 16.2 Å². The minimum atomic E-state index is -0.799. The molecule has 1 aromatic rings. The van der Waals surface area contributed by atoms with Crippen molar-refractivity contribution in [2.24, 2.45) is 0 Å². The summed E-state index contributed by atoms with van der Waals surface area (Å²) in [5.41, 5.74) is 0.785. The molecular formula is C8H9IO2. The Kier molecular flexibility index (Phi) is 3.29. The van der Waals surface area contributed by atoms with Crippen LogP contribution in [0.1, 0.15) is 11.9 Å². The van der Waals surface area contributed by atoms with Crippen molar-refractivity contribution in [3.8, 4) is 0 Å². The number of aliphatic hydroxyl groups is 1. The highest BCUT2D eigenvalue weighted by Gasteiger charge is 2.03.